The van der Waals surface area contributed by atoms with Crippen molar-refractivity contribution in [1.29, 1.82) is 0 Å². The third-order valence-corrected chi connectivity index (χ3v) is 12.0. The van der Waals surface area contributed by atoms with Crippen molar-refractivity contribution < 1.29 is 10.2 Å². The summed E-state index contributed by atoms with van der Waals surface area (Å²) in [7, 11) is 0. The highest BCUT2D eigenvalue weighted by atomic mass is 16.3. The molecule has 326 valence electrons. The molecule has 6 N–H and O–H groups in total. The van der Waals surface area contributed by atoms with E-state index in [9.17, 15) is 10.2 Å². The number of phenolic OH excluding ortho intramolecular Hbond substituents is 2. The van der Waals surface area contributed by atoms with Crippen LogP contribution in [0.3, 0.4) is 0 Å². The molecule has 0 unspecified atom stereocenters. The number of benzene rings is 4. The average Bonchev–Trinajstić information content (AvgIpc) is 3.93. The Hall–Kier alpha value is -9.70. The lowest BCUT2D eigenvalue weighted by Gasteiger charge is -2.15. The molecule has 8 aromatic heterocycles. The fraction of sp³-hybridized carbons (Fsp3) is 0.0385. The maximum absolute atomic E-state index is 11.6. The number of hydrogen-bond acceptors (Lipinski definition) is 14. The van der Waals surface area contributed by atoms with Gasteiger partial charge in [0.1, 0.15) is 47.2 Å². The minimum Gasteiger partial charge on any atom is -0.508 e. The SMILES string of the molecule is Nc1ncnc2c1c(-c1cc(O)cc(-c3ccncc3-c3nc4ccccc4cc3Cn3nc(-c4cccc(O)c4)c4c(N)ncnc43)c1)nn2Cc1cc2ccccc2nc1-c1cccnc1. The molecule has 8 heterocycles. The lowest BCUT2D eigenvalue weighted by atomic mass is 9.94. The van der Waals surface area contributed by atoms with E-state index in [1.54, 1.807) is 64.5 Å². The molecular formula is C52H36N14O2. The van der Waals surface area contributed by atoms with Crippen LogP contribution in [0.25, 0.3) is 100 Å². The summed E-state index contributed by atoms with van der Waals surface area (Å²) < 4.78 is 3.57. The van der Waals surface area contributed by atoms with Crippen molar-refractivity contribution >= 4 is 55.5 Å². The molecular weight excluding hydrogens is 853 g/mol. The molecule has 0 atom stereocenters. The smallest absolute Gasteiger partial charge is 0.164 e. The third kappa shape index (κ3) is 6.96. The number of para-hydroxylation sites is 2. The summed E-state index contributed by atoms with van der Waals surface area (Å²) in [5.74, 6) is 0.595. The zero-order valence-electron chi connectivity index (χ0n) is 35.8. The molecule has 0 amide bonds. The number of anilines is 2. The van der Waals surface area contributed by atoms with Gasteiger partial charge in [0, 0.05) is 68.9 Å². The molecule has 0 aliphatic carbocycles. The van der Waals surface area contributed by atoms with E-state index in [4.69, 9.17) is 31.6 Å². The van der Waals surface area contributed by atoms with Gasteiger partial charge in [-0.1, -0.05) is 48.5 Å². The number of rotatable bonds is 9. The Kier molecular flexibility index (Phi) is 9.42. The molecule has 12 rings (SSSR count). The molecule has 12 aromatic rings. The topological polar surface area (TPSA) is 231 Å². The van der Waals surface area contributed by atoms with Gasteiger partial charge in [0.05, 0.1) is 46.3 Å². The van der Waals surface area contributed by atoms with Crippen LogP contribution in [0.4, 0.5) is 11.6 Å². The number of aromatic hydroxyl groups is 2. The first-order valence-electron chi connectivity index (χ1n) is 21.5. The van der Waals surface area contributed by atoms with E-state index in [-0.39, 0.29) is 29.7 Å². The van der Waals surface area contributed by atoms with Crippen molar-refractivity contribution in [3.8, 4) is 67.7 Å². The summed E-state index contributed by atoms with van der Waals surface area (Å²) in [5, 5.41) is 35.1. The second-order valence-corrected chi connectivity index (χ2v) is 16.3. The molecule has 0 saturated carbocycles. The maximum atomic E-state index is 11.6. The van der Waals surface area contributed by atoms with Crippen molar-refractivity contribution in [2.75, 3.05) is 11.5 Å². The van der Waals surface area contributed by atoms with E-state index >= 15 is 0 Å². The van der Waals surface area contributed by atoms with E-state index in [1.165, 1.54) is 12.7 Å². The molecule has 16 heteroatoms. The van der Waals surface area contributed by atoms with Crippen LogP contribution >= 0.6 is 0 Å². The normalized spacial score (nSPS) is 11.6. The van der Waals surface area contributed by atoms with E-state index in [1.807, 2.05) is 78.9 Å². The Balaban J connectivity index is 0.989. The van der Waals surface area contributed by atoms with E-state index in [0.29, 0.717) is 67.9 Å². The first-order chi connectivity index (χ1) is 33.3. The number of phenols is 2. The highest BCUT2D eigenvalue weighted by Crippen LogP contribution is 2.41. The van der Waals surface area contributed by atoms with E-state index < -0.39 is 0 Å². The Morgan fingerprint density at radius 2 is 1.04 bits per heavy atom. The average molecular weight is 889 g/mol. The van der Waals surface area contributed by atoms with Crippen molar-refractivity contribution in [2.24, 2.45) is 0 Å². The molecule has 0 aliphatic heterocycles. The van der Waals surface area contributed by atoms with Crippen molar-refractivity contribution in [3.63, 3.8) is 0 Å². The Morgan fingerprint density at radius 3 is 1.71 bits per heavy atom. The van der Waals surface area contributed by atoms with Crippen LogP contribution in [0.1, 0.15) is 11.1 Å². The fourth-order valence-electron chi connectivity index (χ4n) is 8.95. The Morgan fingerprint density at radius 1 is 0.456 bits per heavy atom. The van der Waals surface area contributed by atoms with Crippen LogP contribution in [0.15, 0.2) is 159 Å². The van der Waals surface area contributed by atoms with Crippen molar-refractivity contribution in [2.45, 2.75) is 13.1 Å². The quantitative estimate of drug-likeness (QED) is 0.106. The van der Waals surface area contributed by atoms with Gasteiger partial charge in [-0.2, -0.15) is 10.2 Å². The van der Waals surface area contributed by atoms with Gasteiger partial charge in [-0.3, -0.25) is 9.97 Å². The predicted octanol–water partition coefficient (Wildman–Crippen LogP) is 8.86. The van der Waals surface area contributed by atoms with Crippen LogP contribution in [-0.2, 0) is 13.1 Å². The largest absolute Gasteiger partial charge is 0.508 e. The second-order valence-electron chi connectivity index (χ2n) is 16.3. The molecule has 0 fully saturated rings. The van der Waals surface area contributed by atoms with E-state index in [0.717, 1.165) is 49.8 Å². The number of pyridine rings is 4. The molecule has 0 spiro atoms. The lowest BCUT2D eigenvalue weighted by molar-refractivity contribution is 0.475. The van der Waals surface area contributed by atoms with Gasteiger partial charge in [-0.15, -0.1) is 0 Å². The first kappa shape index (κ1) is 39.9. The minimum absolute atomic E-state index is 0.00225. The van der Waals surface area contributed by atoms with E-state index in [2.05, 4.69) is 42.0 Å². The standard InChI is InChI=1S/C52H36N14O2/c53-49-43-47(31-9-5-11-37(67)20-31)63-66(51(43)59-27-57-49)26-36-18-30-8-2-4-13-42(30)62-46(36)40-24-56-16-14-39(40)33-19-34(22-38(68)21-33)48-44-50(54)58-28-60-52(44)65(64-48)25-35-17-29-7-1-3-12-41(29)61-45(35)32-10-6-15-55-23-32/h1-24,27-28,67-68H,25-26H2,(H2,53,57,59)(H2,54,58,60). The van der Waals surface area contributed by atoms with Gasteiger partial charge in [-0.25, -0.2) is 39.3 Å². The molecule has 4 aromatic carbocycles. The van der Waals surface area contributed by atoms with Gasteiger partial charge < -0.3 is 21.7 Å². The molecule has 16 nitrogen and oxygen atoms in total. The number of hydrogen-bond donors (Lipinski definition) is 4. The Labute approximate surface area is 386 Å². The number of nitrogens with zero attached hydrogens (tertiary/aromatic N) is 12. The number of fused-ring (bicyclic) bond motifs is 4. The molecule has 68 heavy (non-hydrogen) atoms. The zero-order valence-corrected chi connectivity index (χ0v) is 35.8. The lowest BCUT2D eigenvalue weighted by Crippen LogP contribution is -2.07. The highest BCUT2D eigenvalue weighted by Gasteiger charge is 2.24. The third-order valence-electron chi connectivity index (χ3n) is 12.0. The highest BCUT2D eigenvalue weighted by molar-refractivity contribution is 6.00. The second kappa shape index (κ2) is 16.1. The molecule has 0 radical (unpaired) electrons. The fourth-order valence-corrected chi connectivity index (χ4v) is 8.95. The van der Waals surface area contributed by atoms with Gasteiger partial charge in [0.2, 0.25) is 0 Å². The van der Waals surface area contributed by atoms with Gasteiger partial charge in [0.25, 0.3) is 0 Å². The van der Waals surface area contributed by atoms with Crippen molar-refractivity contribution in [3.05, 3.63) is 170 Å². The summed E-state index contributed by atoms with van der Waals surface area (Å²) >= 11 is 0. The van der Waals surface area contributed by atoms with Crippen LogP contribution in [0.5, 0.6) is 11.5 Å². The minimum atomic E-state index is 0.00225. The first-order valence-corrected chi connectivity index (χ1v) is 21.5. The summed E-state index contributed by atoms with van der Waals surface area (Å²) in [4.78, 5) is 37.2. The van der Waals surface area contributed by atoms with Crippen LogP contribution in [-0.4, -0.2) is 69.6 Å². The summed E-state index contributed by atoms with van der Waals surface area (Å²) in [6, 6.07) is 38.0. The number of aromatic nitrogens is 12. The van der Waals surface area contributed by atoms with Crippen molar-refractivity contribution in [1.82, 2.24) is 59.4 Å². The molecule has 0 saturated heterocycles. The van der Waals surface area contributed by atoms with Gasteiger partial charge in [-0.05, 0) is 83.9 Å². The number of nitrogens with two attached hydrogens (primary N) is 2. The van der Waals surface area contributed by atoms with Crippen LogP contribution in [0.2, 0.25) is 0 Å². The summed E-state index contributed by atoms with van der Waals surface area (Å²) in [6.07, 6.45) is 9.84. The monoisotopic (exact) mass is 888 g/mol. The molecule has 0 aliphatic rings. The Bertz CT molecular complexity index is 3950. The molecule has 0 bridgehead atoms. The van der Waals surface area contributed by atoms with Crippen LogP contribution in [0, 0.1) is 0 Å². The van der Waals surface area contributed by atoms with Gasteiger partial charge in [0.15, 0.2) is 11.3 Å². The zero-order chi connectivity index (χ0) is 45.9. The van der Waals surface area contributed by atoms with Gasteiger partial charge >= 0.3 is 0 Å². The maximum Gasteiger partial charge on any atom is 0.164 e. The van der Waals surface area contributed by atoms with Crippen LogP contribution < -0.4 is 11.5 Å². The summed E-state index contributed by atoms with van der Waals surface area (Å²) in [6.45, 7) is 0.529. The number of nitrogen functional groups attached to an aromatic ring is 2. The predicted molar refractivity (Wildman–Crippen MR) is 261 cm³/mol. The summed E-state index contributed by atoms with van der Waals surface area (Å²) in [5.41, 5.74) is 24.2.